The third-order valence-electron chi connectivity index (χ3n) is 3.02. The second kappa shape index (κ2) is 8.39. The zero-order valence-electron chi connectivity index (χ0n) is 11.5. The molecule has 1 aromatic carbocycles. The summed E-state index contributed by atoms with van der Waals surface area (Å²) in [4.78, 5) is 2.37. The van der Waals surface area contributed by atoms with Crippen LogP contribution in [-0.2, 0) is 0 Å². The molecule has 0 aliphatic rings. The standard InChI is InChI=1S/C15H23ClNO/c1-4-14(11-12-17(5-2)6-3)18-15-9-7-13(16)8-10-15/h7-11,14H,4-6,12H2,1-3H3. The summed E-state index contributed by atoms with van der Waals surface area (Å²) in [7, 11) is 0. The highest BCUT2D eigenvalue weighted by Gasteiger charge is 2.10. The van der Waals surface area contributed by atoms with Gasteiger partial charge in [-0.05, 0) is 43.8 Å². The van der Waals surface area contributed by atoms with Crippen LogP contribution in [0.4, 0.5) is 0 Å². The minimum absolute atomic E-state index is 0.159. The van der Waals surface area contributed by atoms with E-state index in [0.717, 1.165) is 36.8 Å². The van der Waals surface area contributed by atoms with E-state index in [-0.39, 0.29) is 6.10 Å². The summed E-state index contributed by atoms with van der Waals surface area (Å²) in [5, 5.41) is 0.738. The monoisotopic (exact) mass is 268 g/mol. The molecule has 2 nitrogen and oxygen atoms in total. The molecule has 0 aliphatic heterocycles. The van der Waals surface area contributed by atoms with E-state index in [0.29, 0.717) is 0 Å². The van der Waals surface area contributed by atoms with Gasteiger partial charge in [0, 0.05) is 18.0 Å². The summed E-state index contributed by atoms with van der Waals surface area (Å²) in [6, 6.07) is 7.54. The molecular formula is C15H23ClNO. The Morgan fingerprint density at radius 1 is 1.17 bits per heavy atom. The van der Waals surface area contributed by atoms with Gasteiger partial charge in [0.25, 0.3) is 0 Å². The molecule has 1 rings (SSSR count). The lowest BCUT2D eigenvalue weighted by atomic mass is 10.2. The highest BCUT2D eigenvalue weighted by molar-refractivity contribution is 6.30. The maximum atomic E-state index is 5.92. The van der Waals surface area contributed by atoms with Crippen molar-refractivity contribution < 1.29 is 4.74 Å². The van der Waals surface area contributed by atoms with E-state index in [9.17, 15) is 0 Å². The number of benzene rings is 1. The fraction of sp³-hybridized carbons (Fsp3) is 0.533. The Labute approximate surface area is 116 Å². The van der Waals surface area contributed by atoms with Crippen molar-refractivity contribution in [3.05, 3.63) is 35.7 Å². The molecule has 101 valence electrons. The molecule has 0 saturated heterocycles. The van der Waals surface area contributed by atoms with Crippen LogP contribution in [0.1, 0.15) is 27.2 Å². The molecule has 0 bridgehead atoms. The molecule has 3 heteroatoms. The van der Waals surface area contributed by atoms with E-state index in [1.165, 1.54) is 0 Å². The van der Waals surface area contributed by atoms with Crippen LogP contribution < -0.4 is 4.74 Å². The van der Waals surface area contributed by atoms with Crippen molar-refractivity contribution >= 4 is 11.6 Å². The van der Waals surface area contributed by atoms with Gasteiger partial charge in [0.1, 0.15) is 11.9 Å². The van der Waals surface area contributed by atoms with E-state index >= 15 is 0 Å². The third kappa shape index (κ3) is 5.28. The Morgan fingerprint density at radius 3 is 2.28 bits per heavy atom. The molecule has 0 saturated carbocycles. The van der Waals surface area contributed by atoms with E-state index < -0.39 is 0 Å². The number of nitrogens with zero attached hydrogens (tertiary/aromatic N) is 1. The van der Waals surface area contributed by atoms with Crippen LogP contribution in [0.3, 0.4) is 0 Å². The lowest BCUT2D eigenvalue weighted by Gasteiger charge is -2.22. The first kappa shape index (κ1) is 15.3. The smallest absolute Gasteiger partial charge is 0.119 e. The van der Waals surface area contributed by atoms with Gasteiger partial charge < -0.3 is 9.64 Å². The van der Waals surface area contributed by atoms with Crippen molar-refractivity contribution in [1.29, 1.82) is 0 Å². The van der Waals surface area contributed by atoms with Gasteiger partial charge in [0.2, 0.25) is 0 Å². The highest BCUT2D eigenvalue weighted by atomic mass is 35.5. The maximum absolute atomic E-state index is 5.92. The number of hydrogen-bond acceptors (Lipinski definition) is 2. The fourth-order valence-electron chi connectivity index (χ4n) is 1.73. The topological polar surface area (TPSA) is 12.5 Å². The highest BCUT2D eigenvalue weighted by Crippen LogP contribution is 2.18. The molecular weight excluding hydrogens is 246 g/mol. The zero-order valence-corrected chi connectivity index (χ0v) is 12.3. The second-order valence-corrected chi connectivity index (χ2v) is 4.68. The van der Waals surface area contributed by atoms with Crippen LogP contribution in [0.2, 0.25) is 5.02 Å². The predicted octanol–water partition coefficient (Wildman–Crippen LogP) is 4.04. The molecule has 18 heavy (non-hydrogen) atoms. The van der Waals surface area contributed by atoms with Crippen molar-refractivity contribution in [2.45, 2.75) is 33.3 Å². The summed E-state index contributed by atoms with van der Waals surface area (Å²) in [6.45, 7) is 9.61. The first-order valence-electron chi connectivity index (χ1n) is 6.67. The fourth-order valence-corrected chi connectivity index (χ4v) is 1.86. The molecule has 0 amide bonds. The maximum Gasteiger partial charge on any atom is 0.119 e. The van der Waals surface area contributed by atoms with Gasteiger partial charge in [-0.15, -0.1) is 0 Å². The Balaban J connectivity index is 2.44. The summed E-state index contributed by atoms with van der Waals surface area (Å²) >= 11 is 5.85. The minimum Gasteiger partial charge on any atom is -0.490 e. The van der Waals surface area contributed by atoms with Crippen LogP contribution in [0.15, 0.2) is 24.3 Å². The number of hydrogen-bond donors (Lipinski definition) is 0. The van der Waals surface area contributed by atoms with Gasteiger partial charge in [-0.2, -0.15) is 0 Å². The number of rotatable bonds is 8. The van der Waals surface area contributed by atoms with Crippen molar-refractivity contribution in [3.8, 4) is 5.75 Å². The van der Waals surface area contributed by atoms with E-state index in [1.807, 2.05) is 24.3 Å². The molecule has 1 atom stereocenters. The molecule has 0 N–H and O–H groups in total. The van der Waals surface area contributed by atoms with Gasteiger partial charge in [-0.3, -0.25) is 0 Å². The summed E-state index contributed by atoms with van der Waals surface area (Å²) in [5.41, 5.74) is 0. The lowest BCUT2D eigenvalue weighted by molar-refractivity contribution is 0.208. The summed E-state index contributed by atoms with van der Waals surface area (Å²) < 4.78 is 5.92. The molecule has 1 radical (unpaired) electrons. The quantitative estimate of drug-likeness (QED) is 0.705. The normalized spacial score (nSPS) is 12.7. The Hall–Kier alpha value is -0.730. The van der Waals surface area contributed by atoms with E-state index in [2.05, 4.69) is 32.1 Å². The van der Waals surface area contributed by atoms with Gasteiger partial charge in [0.15, 0.2) is 0 Å². The zero-order chi connectivity index (χ0) is 13.4. The lowest BCUT2D eigenvalue weighted by Crippen LogP contribution is -2.29. The molecule has 0 fully saturated rings. The number of ether oxygens (including phenoxy) is 1. The first-order valence-corrected chi connectivity index (χ1v) is 7.05. The molecule has 0 spiro atoms. The molecule has 0 aliphatic carbocycles. The van der Waals surface area contributed by atoms with E-state index in [4.69, 9.17) is 16.3 Å². The summed E-state index contributed by atoms with van der Waals surface area (Å²) in [5.74, 6) is 0.877. The summed E-state index contributed by atoms with van der Waals surface area (Å²) in [6.07, 6.45) is 3.37. The SMILES string of the molecule is CCC([CH]CN(CC)CC)Oc1ccc(Cl)cc1. The molecule has 1 unspecified atom stereocenters. The first-order chi connectivity index (χ1) is 8.69. The van der Waals surface area contributed by atoms with Crippen LogP contribution in [0, 0.1) is 6.42 Å². The van der Waals surface area contributed by atoms with Gasteiger partial charge in [-0.1, -0.05) is 32.4 Å². The van der Waals surface area contributed by atoms with Crippen molar-refractivity contribution in [2.24, 2.45) is 0 Å². The Morgan fingerprint density at radius 2 is 1.78 bits per heavy atom. The largest absolute Gasteiger partial charge is 0.490 e. The molecule has 0 heterocycles. The predicted molar refractivity (Wildman–Crippen MR) is 78.2 cm³/mol. The average Bonchev–Trinajstić information content (AvgIpc) is 2.40. The number of halogens is 1. The van der Waals surface area contributed by atoms with Crippen LogP contribution >= 0.6 is 11.6 Å². The van der Waals surface area contributed by atoms with Crippen LogP contribution in [0.25, 0.3) is 0 Å². The minimum atomic E-state index is 0.159. The van der Waals surface area contributed by atoms with Crippen molar-refractivity contribution in [2.75, 3.05) is 19.6 Å². The van der Waals surface area contributed by atoms with Gasteiger partial charge in [-0.25, -0.2) is 0 Å². The molecule has 1 aromatic rings. The third-order valence-corrected chi connectivity index (χ3v) is 3.28. The van der Waals surface area contributed by atoms with Crippen LogP contribution in [-0.4, -0.2) is 30.6 Å². The van der Waals surface area contributed by atoms with Crippen molar-refractivity contribution in [3.63, 3.8) is 0 Å². The molecule has 0 aromatic heterocycles. The average molecular weight is 269 g/mol. The Bertz CT molecular complexity index is 322. The Kier molecular flexibility index (Phi) is 7.14. The van der Waals surface area contributed by atoms with Gasteiger partial charge in [0.05, 0.1) is 0 Å². The van der Waals surface area contributed by atoms with Crippen molar-refractivity contribution in [1.82, 2.24) is 4.90 Å². The van der Waals surface area contributed by atoms with Gasteiger partial charge >= 0.3 is 0 Å². The van der Waals surface area contributed by atoms with Crippen LogP contribution in [0.5, 0.6) is 5.75 Å². The van der Waals surface area contributed by atoms with E-state index in [1.54, 1.807) is 0 Å². The second-order valence-electron chi connectivity index (χ2n) is 4.24.